The molecule has 6 nitrogen and oxygen atoms in total. The molecule has 4 aromatic rings. The number of hydrogen-bond donors (Lipinski definition) is 2. The van der Waals surface area contributed by atoms with Crippen LogP contribution in [0.5, 0.6) is 11.8 Å². The quantitative estimate of drug-likeness (QED) is 0.321. The summed E-state index contributed by atoms with van der Waals surface area (Å²) in [5, 5.41) is 43.1. The average molecular weight is 494 g/mol. The van der Waals surface area contributed by atoms with E-state index in [-0.39, 0.29) is 11.8 Å². The van der Waals surface area contributed by atoms with Gasteiger partial charge in [-0.25, -0.2) is 0 Å². The van der Waals surface area contributed by atoms with Gasteiger partial charge in [0.2, 0.25) is 11.8 Å². The van der Waals surface area contributed by atoms with Gasteiger partial charge in [0.1, 0.15) is 5.60 Å². The van der Waals surface area contributed by atoms with Gasteiger partial charge in [-0.05, 0) is 62.6 Å². The van der Waals surface area contributed by atoms with Crippen LogP contribution in [-0.2, 0) is 15.9 Å². The number of aromatic hydroxyl groups is 2. The molecule has 0 unspecified atom stereocenters. The van der Waals surface area contributed by atoms with Crippen LogP contribution in [0.4, 0.5) is 0 Å². The third kappa shape index (κ3) is 3.14. The van der Waals surface area contributed by atoms with E-state index in [4.69, 9.17) is 10.00 Å². The molecule has 7 heteroatoms. The summed E-state index contributed by atoms with van der Waals surface area (Å²) in [5.74, 6) is 0.734. The number of nitriles is 2. The molecule has 2 bridgehead atoms. The second-order valence-electron chi connectivity index (χ2n) is 9.58. The summed E-state index contributed by atoms with van der Waals surface area (Å²) in [4.78, 5) is 1.07. The van der Waals surface area contributed by atoms with E-state index < -0.39 is 11.2 Å². The molecular formula is C29H23N3O3S. The van der Waals surface area contributed by atoms with Crippen molar-refractivity contribution in [2.75, 3.05) is 5.75 Å². The number of rotatable bonds is 5. The summed E-state index contributed by atoms with van der Waals surface area (Å²) in [6.45, 7) is 1.98. The van der Waals surface area contributed by atoms with E-state index in [1.54, 1.807) is 23.9 Å². The molecule has 3 heterocycles. The summed E-state index contributed by atoms with van der Waals surface area (Å²) in [5.41, 5.74) is 1.76. The van der Waals surface area contributed by atoms with Crippen molar-refractivity contribution >= 4 is 22.5 Å². The Morgan fingerprint density at radius 2 is 1.64 bits per heavy atom. The zero-order valence-electron chi connectivity index (χ0n) is 19.7. The van der Waals surface area contributed by atoms with Crippen molar-refractivity contribution in [1.29, 1.82) is 10.5 Å². The van der Waals surface area contributed by atoms with Crippen LogP contribution in [0, 0.1) is 22.7 Å². The highest BCUT2D eigenvalue weighted by Gasteiger charge is 2.61. The molecule has 0 radical (unpaired) electrons. The van der Waals surface area contributed by atoms with Gasteiger partial charge >= 0.3 is 0 Å². The number of aromatic nitrogens is 1. The third-order valence-electron chi connectivity index (χ3n) is 7.55. The fraction of sp³-hybridized carbons (Fsp3) is 0.241. The van der Waals surface area contributed by atoms with E-state index >= 15 is 0 Å². The minimum atomic E-state index is -0.682. The molecule has 178 valence electrons. The van der Waals surface area contributed by atoms with Crippen molar-refractivity contribution in [2.24, 2.45) is 0 Å². The van der Waals surface area contributed by atoms with Crippen LogP contribution in [0.2, 0.25) is 0 Å². The SMILES string of the molecule is C[C@@]12CC[C@@](CCSc3ccc(C#N)cc3)(O1)c1c2c(O)n(-c2ccc(C#N)c3ccccc23)c1O. The summed E-state index contributed by atoms with van der Waals surface area (Å²) in [6.07, 6.45) is 2.19. The van der Waals surface area contributed by atoms with E-state index in [0.29, 0.717) is 34.4 Å². The van der Waals surface area contributed by atoms with E-state index in [2.05, 4.69) is 12.1 Å². The number of ether oxygens (including phenoxy) is 1. The molecule has 0 saturated carbocycles. The number of thioether (sulfide) groups is 1. The Hall–Kier alpha value is -3.91. The Balaban J connectivity index is 1.40. The van der Waals surface area contributed by atoms with Crippen molar-refractivity contribution in [1.82, 2.24) is 4.57 Å². The van der Waals surface area contributed by atoms with Gasteiger partial charge in [-0.1, -0.05) is 24.3 Å². The van der Waals surface area contributed by atoms with Crippen molar-refractivity contribution in [3.05, 3.63) is 82.9 Å². The Kier molecular flexibility index (Phi) is 5.05. The van der Waals surface area contributed by atoms with Crippen molar-refractivity contribution in [3.8, 4) is 29.6 Å². The lowest BCUT2D eigenvalue weighted by atomic mass is 9.78. The van der Waals surface area contributed by atoms with Crippen LogP contribution in [0.25, 0.3) is 16.5 Å². The first-order valence-corrected chi connectivity index (χ1v) is 12.8. The second-order valence-corrected chi connectivity index (χ2v) is 10.8. The second kappa shape index (κ2) is 8.06. The molecule has 1 fully saturated rings. The minimum absolute atomic E-state index is 0.0100. The van der Waals surface area contributed by atoms with Crippen LogP contribution in [0.1, 0.15) is 48.4 Å². The number of hydrogen-bond acceptors (Lipinski definition) is 6. The smallest absolute Gasteiger partial charge is 0.205 e. The van der Waals surface area contributed by atoms with Crippen LogP contribution < -0.4 is 0 Å². The lowest BCUT2D eigenvalue weighted by molar-refractivity contribution is -0.0803. The maximum Gasteiger partial charge on any atom is 0.205 e. The third-order valence-corrected chi connectivity index (χ3v) is 8.57. The minimum Gasteiger partial charge on any atom is -0.494 e. The molecule has 2 aliphatic heterocycles. The van der Waals surface area contributed by atoms with Crippen molar-refractivity contribution in [2.45, 2.75) is 42.3 Å². The van der Waals surface area contributed by atoms with Crippen molar-refractivity contribution in [3.63, 3.8) is 0 Å². The van der Waals surface area contributed by atoms with E-state index in [9.17, 15) is 15.5 Å². The topological polar surface area (TPSA) is 102 Å². The van der Waals surface area contributed by atoms with Gasteiger partial charge in [0, 0.05) is 21.4 Å². The predicted octanol–water partition coefficient (Wildman–Crippen LogP) is 6.20. The van der Waals surface area contributed by atoms with E-state index in [0.717, 1.165) is 34.3 Å². The maximum atomic E-state index is 11.6. The molecule has 0 amide bonds. The van der Waals surface area contributed by atoms with Crippen LogP contribution in [0.3, 0.4) is 0 Å². The summed E-state index contributed by atoms with van der Waals surface area (Å²) in [6, 6.07) is 22.9. The van der Waals surface area contributed by atoms with Gasteiger partial charge in [0.25, 0.3) is 0 Å². The van der Waals surface area contributed by atoms with E-state index in [1.807, 2.05) is 55.5 Å². The summed E-state index contributed by atoms with van der Waals surface area (Å²) in [7, 11) is 0. The Bertz CT molecular complexity index is 1610. The van der Waals surface area contributed by atoms with Gasteiger partial charge in [0.15, 0.2) is 0 Å². The first-order chi connectivity index (χ1) is 17.4. The zero-order chi connectivity index (χ0) is 25.1. The molecular weight excluding hydrogens is 470 g/mol. The van der Waals surface area contributed by atoms with Gasteiger partial charge in [0.05, 0.1) is 45.7 Å². The van der Waals surface area contributed by atoms with Crippen LogP contribution >= 0.6 is 11.8 Å². The molecule has 2 atom stereocenters. The first kappa shape index (κ1) is 22.5. The number of fused-ring (bicyclic) bond motifs is 6. The average Bonchev–Trinajstić information content (AvgIpc) is 3.48. The van der Waals surface area contributed by atoms with Crippen LogP contribution in [-0.4, -0.2) is 20.5 Å². The Morgan fingerprint density at radius 3 is 2.36 bits per heavy atom. The lowest BCUT2D eigenvalue weighted by Gasteiger charge is -2.26. The highest BCUT2D eigenvalue weighted by atomic mass is 32.2. The lowest BCUT2D eigenvalue weighted by Crippen LogP contribution is -2.23. The largest absolute Gasteiger partial charge is 0.494 e. The fourth-order valence-corrected chi connectivity index (χ4v) is 6.87. The highest BCUT2D eigenvalue weighted by Crippen LogP contribution is 2.65. The number of benzene rings is 3. The van der Waals surface area contributed by atoms with Gasteiger partial charge in [-0.2, -0.15) is 10.5 Å². The Labute approximate surface area is 213 Å². The predicted molar refractivity (Wildman–Crippen MR) is 137 cm³/mol. The molecule has 36 heavy (non-hydrogen) atoms. The monoisotopic (exact) mass is 493 g/mol. The normalized spacial score (nSPS) is 21.9. The molecule has 0 aliphatic carbocycles. The highest BCUT2D eigenvalue weighted by molar-refractivity contribution is 7.99. The van der Waals surface area contributed by atoms with Gasteiger partial charge in [-0.3, -0.25) is 4.57 Å². The van der Waals surface area contributed by atoms with E-state index in [1.165, 1.54) is 4.57 Å². The molecule has 6 rings (SSSR count). The first-order valence-electron chi connectivity index (χ1n) is 11.8. The van der Waals surface area contributed by atoms with Gasteiger partial charge in [-0.15, -0.1) is 11.8 Å². The standard InChI is InChI=1S/C29H23N3O3S/c1-28-12-13-29(35-28,14-15-36-20-9-6-18(16-30)7-10-20)25-24(28)26(33)32(27(25)34)23-11-8-19(17-31)21-4-2-3-5-22(21)23/h2-11,33-34H,12-15H2,1H3/t28-,29-/m0/s1. The zero-order valence-corrected chi connectivity index (χ0v) is 20.5. The Morgan fingerprint density at radius 1 is 0.917 bits per heavy atom. The van der Waals surface area contributed by atoms with Crippen LogP contribution in [0.15, 0.2) is 65.6 Å². The molecule has 2 N–H and O–H groups in total. The maximum absolute atomic E-state index is 11.6. The molecule has 1 saturated heterocycles. The molecule has 0 spiro atoms. The summed E-state index contributed by atoms with van der Waals surface area (Å²) >= 11 is 1.68. The summed E-state index contributed by atoms with van der Waals surface area (Å²) < 4.78 is 8.08. The van der Waals surface area contributed by atoms with Gasteiger partial charge < -0.3 is 14.9 Å². The van der Waals surface area contributed by atoms with Crippen molar-refractivity contribution < 1.29 is 14.9 Å². The number of nitrogens with zero attached hydrogens (tertiary/aromatic N) is 3. The molecule has 2 aliphatic rings. The fourth-order valence-electron chi connectivity index (χ4n) is 5.87. The molecule has 1 aromatic heterocycles. The molecule has 3 aromatic carbocycles.